The number of rotatable bonds is 5. The van der Waals surface area contributed by atoms with Crippen molar-refractivity contribution >= 4 is 85.7 Å². The molecule has 1 heterocycles. The van der Waals surface area contributed by atoms with Crippen LogP contribution in [0.1, 0.15) is 22.3 Å². The molecule has 156 valence electrons. The van der Waals surface area contributed by atoms with E-state index in [0.29, 0.717) is 12.5 Å². The van der Waals surface area contributed by atoms with Gasteiger partial charge in [0, 0.05) is 9.13 Å². The highest BCUT2D eigenvalue weighted by atomic mass is 127. The number of hydrogen-bond donors (Lipinski definition) is 0. The van der Waals surface area contributed by atoms with Crippen molar-refractivity contribution < 1.29 is 14.3 Å². The lowest BCUT2D eigenvalue weighted by Crippen LogP contribution is -2.06. The smallest absolute Gasteiger partial charge is 0.363 e. The minimum Gasteiger partial charge on any atom is -0.487 e. The number of halogens is 3. The van der Waals surface area contributed by atoms with Crippen LogP contribution in [-0.2, 0) is 16.1 Å². The molecule has 0 bridgehead atoms. The van der Waals surface area contributed by atoms with Gasteiger partial charge in [-0.3, -0.25) is 0 Å². The summed E-state index contributed by atoms with van der Waals surface area (Å²) < 4.78 is 14.6. The summed E-state index contributed by atoms with van der Waals surface area (Å²) in [5.41, 5.74) is 4.11. The normalized spacial score (nSPS) is 14.5. The number of benzene rings is 3. The van der Waals surface area contributed by atoms with Gasteiger partial charge in [0.25, 0.3) is 0 Å². The molecule has 1 aliphatic rings. The maximum atomic E-state index is 12.4. The molecule has 0 amide bonds. The van der Waals surface area contributed by atoms with E-state index in [1.165, 1.54) is 3.57 Å². The second kappa shape index (κ2) is 9.99. The molecule has 0 fully saturated rings. The van der Waals surface area contributed by atoms with Crippen molar-refractivity contribution in [1.29, 1.82) is 0 Å². The van der Waals surface area contributed by atoms with E-state index in [0.717, 1.165) is 35.1 Å². The first-order valence-electron chi connectivity index (χ1n) is 9.35. The van der Waals surface area contributed by atoms with E-state index in [2.05, 4.69) is 91.0 Å². The number of hydrogen-bond acceptors (Lipinski definition) is 4. The molecule has 31 heavy (non-hydrogen) atoms. The van der Waals surface area contributed by atoms with Crippen LogP contribution in [0, 0.1) is 17.6 Å². The molecule has 0 saturated heterocycles. The number of esters is 1. The Hall–Kier alpha value is -1.47. The van der Waals surface area contributed by atoms with Crippen molar-refractivity contribution in [3.8, 4) is 5.75 Å². The molecule has 0 spiro atoms. The fourth-order valence-corrected chi connectivity index (χ4v) is 5.81. The van der Waals surface area contributed by atoms with E-state index in [4.69, 9.17) is 9.47 Å². The maximum Gasteiger partial charge on any atom is 0.363 e. The number of carbonyl (C=O) groups is 1. The average Bonchev–Trinajstić information content (AvgIpc) is 3.08. The molecule has 1 aliphatic heterocycles. The summed E-state index contributed by atoms with van der Waals surface area (Å²) in [5.74, 6) is 0.735. The highest BCUT2D eigenvalue weighted by molar-refractivity contribution is 14.1. The number of ether oxygens (including phenoxy) is 2. The summed E-state index contributed by atoms with van der Waals surface area (Å²) in [7, 11) is 0. The third-order valence-electron chi connectivity index (χ3n) is 4.59. The monoisotopic (exact) mass is 747 g/mol. The molecule has 0 aromatic heterocycles. The highest BCUT2D eigenvalue weighted by Gasteiger charge is 2.25. The van der Waals surface area contributed by atoms with Gasteiger partial charge in [0.05, 0.1) is 7.14 Å². The van der Waals surface area contributed by atoms with Crippen LogP contribution >= 0.6 is 67.8 Å². The summed E-state index contributed by atoms with van der Waals surface area (Å²) in [6.45, 7) is 2.47. The predicted octanol–water partition coefficient (Wildman–Crippen LogP) is 6.73. The van der Waals surface area contributed by atoms with Gasteiger partial charge >= 0.3 is 5.97 Å². The van der Waals surface area contributed by atoms with E-state index in [9.17, 15) is 4.79 Å². The second-order valence-electron chi connectivity index (χ2n) is 6.88. The Balaban J connectivity index is 1.57. The number of nitrogens with zero attached hydrogens (tertiary/aromatic N) is 1. The SMILES string of the molecule is Cc1ccccc1C1=N/C(=C\c2cc(I)c(OCc3cccc(I)c3)c(I)c2)C(=O)O1. The average molecular weight is 747 g/mol. The Labute approximate surface area is 221 Å². The van der Waals surface area contributed by atoms with Crippen LogP contribution in [0.15, 0.2) is 71.4 Å². The van der Waals surface area contributed by atoms with Crippen LogP contribution in [0.3, 0.4) is 0 Å². The summed E-state index contributed by atoms with van der Waals surface area (Å²) in [5, 5.41) is 0. The lowest BCUT2D eigenvalue weighted by molar-refractivity contribution is -0.129. The lowest BCUT2D eigenvalue weighted by Gasteiger charge is -2.12. The zero-order valence-corrected chi connectivity index (χ0v) is 22.8. The van der Waals surface area contributed by atoms with E-state index in [1.807, 2.05) is 49.4 Å². The highest BCUT2D eigenvalue weighted by Crippen LogP contribution is 2.31. The summed E-state index contributed by atoms with van der Waals surface area (Å²) >= 11 is 6.81. The van der Waals surface area contributed by atoms with Gasteiger partial charge in [-0.05, 0) is 128 Å². The molecule has 0 atom stereocenters. The van der Waals surface area contributed by atoms with Gasteiger partial charge in [-0.2, -0.15) is 0 Å². The molecule has 3 aromatic rings. The van der Waals surface area contributed by atoms with Gasteiger partial charge in [-0.1, -0.05) is 30.3 Å². The zero-order chi connectivity index (χ0) is 22.0. The van der Waals surface area contributed by atoms with E-state index < -0.39 is 5.97 Å². The lowest BCUT2D eigenvalue weighted by atomic mass is 10.1. The number of carbonyl (C=O) groups excluding carboxylic acids is 1. The first kappa shape index (κ1) is 22.7. The Bertz CT molecular complexity index is 1210. The van der Waals surface area contributed by atoms with Crippen molar-refractivity contribution in [3.63, 3.8) is 0 Å². The van der Waals surface area contributed by atoms with Crippen LogP contribution in [0.4, 0.5) is 0 Å². The Kier molecular flexibility index (Phi) is 7.32. The molecule has 4 rings (SSSR count). The Morgan fingerprint density at radius 1 is 1.00 bits per heavy atom. The van der Waals surface area contributed by atoms with Gasteiger partial charge in [0.2, 0.25) is 5.90 Å². The standard InChI is InChI=1S/C24H16I3NO3/c1-14-5-2-3-8-18(14)23-28-21(24(29)31-23)12-16-10-19(26)22(20(27)11-16)30-13-15-6-4-7-17(25)9-15/h2-12H,13H2,1H3/b21-12-. The van der Waals surface area contributed by atoms with Crippen LogP contribution in [0.5, 0.6) is 5.75 Å². The van der Waals surface area contributed by atoms with Crippen molar-refractivity contribution in [2.45, 2.75) is 13.5 Å². The number of cyclic esters (lactones) is 1. The molecule has 0 N–H and O–H groups in total. The topological polar surface area (TPSA) is 47.9 Å². The fourth-order valence-electron chi connectivity index (χ4n) is 3.08. The minimum absolute atomic E-state index is 0.289. The molecule has 4 nitrogen and oxygen atoms in total. The molecular formula is C24H16I3NO3. The van der Waals surface area contributed by atoms with Crippen molar-refractivity contribution in [3.05, 3.63) is 99.3 Å². The molecule has 0 aliphatic carbocycles. The zero-order valence-electron chi connectivity index (χ0n) is 16.4. The first-order valence-corrected chi connectivity index (χ1v) is 12.6. The Morgan fingerprint density at radius 2 is 1.74 bits per heavy atom. The minimum atomic E-state index is -0.442. The van der Waals surface area contributed by atoms with Gasteiger partial charge in [-0.15, -0.1) is 0 Å². The van der Waals surface area contributed by atoms with Crippen molar-refractivity contribution in [1.82, 2.24) is 0 Å². The third kappa shape index (κ3) is 5.48. The predicted molar refractivity (Wildman–Crippen MR) is 147 cm³/mol. The number of aryl methyl sites for hydroxylation is 1. The first-order chi connectivity index (χ1) is 14.9. The molecule has 0 radical (unpaired) electrons. The van der Waals surface area contributed by atoms with E-state index >= 15 is 0 Å². The molecule has 3 aromatic carbocycles. The summed E-state index contributed by atoms with van der Waals surface area (Å²) in [4.78, 5) is 16.8. The van der Waals surface area contributed by atoms with E-state index in [1.54, 1.807) is 6.08 Å². The van der Waals surface area contributed by atoms with Crippen LogP contribution in [0.2, 0.25) is 0 Å². The van der Waals surface area contributed by atoms with Gasteiger partial charge in [0.15, 0.2) is 5.70 Å². The summed E-state index contributed by atoms with van der Waals surface area (Å²) in [6.07, 6.45) is 1.75. The third-order valence-corrected chi connectivity index (χ3v) is 6.87. The largest absolute Gasteiger partial charge is 0.487 e. The number of aliphatic imine (C=N–C) groups is 1. The van der Waals surface area contributed by atoms with E-state index in [-0.39, 0.29) is 5.70 Å². The van der Waals surface area contributed by atoms with Crippen LogP contribution in [-0.4, -0.2) is 11.9 Å². The molecule has 0 saturated carbocycles. The molecular weight excluding hydrogens is 731 g/mol. The van der Waals surface area contributed by atoms with Crippen molar-refractivity contribution in [2.24, 2.45) is 4.99 Å². The quantitative estimate of drug-likeness (QED) is 0.165. The Morgan fingerprint density at radius 3 is 2.45 bits per heavy atom. The van der Waals surface area contributed by atoms with Gasteiger partial charge in [-0.25, -0.2) is 9.79 Å². The second-order valence-corrected chi connectivity index (χ2v) is 10.5. The van der Waals surface area contributed by atoms with Gasteiger partial charge in [0.1, 0.15) is 12.4 Å². The van der Waals surface area contributed by atoms with Crippen LogP contribution in [0.25, 0.3) is 6.08 Å². The van der Waals surface area contributed by atoms with Gasteiger partial charge < -0.3 is 9.47 Å². The molecule has 7 heteroatoms. The fraction of sp³-hybridized carbons (Fsp3) is 0.0833. The van der Waals surface area contributed by atoms with Crippen LogP contribution < -0.4 is 4.74 Å². The maximum absolute atomic E-state index is 12.4. The molecule has 0 unspecified atom stereocenters. The van der Waals surface area contributed by atoms with Crippen molar-refractivity contribution in [2.75, 3.05) is 0 Å². The summed E-state index contributed by atoms with van der Waals surface area (Å²) in [6, 6.07) is 19.9.